The molecule has 0 atom stereocenters. The van der Waals surface area contributed by atoms with E-state index in [1.54, 1.807) is 24.0 Å². The number of rotatable bonds is 4. The summed E-state index contributed by atoms with van der Waals surface area (Å²) in [6, 6.07) is 4.41. The minimum absolute atomic E-state index is 0.251. The Hall–Kier alpha value is -1.95. The van der Waals surface area contributed by atoms with E-state index >= 15 is 0 Å². The van der Waals surface area contributed by atoms with Crippen molar-refractivity contribution in [2.45, 2.75) is 13.2 Å². The maximum atomic E-state index is 13.2. The Kier molecular flexibility index (Phi) is 3.34. The molecule has 0 amide bonds. The highest BCUT2D eigenvalue weighted by molar-refractivity contribution is 5.29. The molecule has 0 fully saturated rings. The lowest BCUT2D eigenvalue weighted by atomic mass is 10.2. The average Bonchev–Trinajstić information content (AvgIpc) is 2.72. The number of ether oxygens (including phenoxy) is 1. The monoisotopic (exact) mass is 236 g/mol. The molecule has 0 saturated heterocycles. The molecule has 2 rings (SSSR count). The number of hydrogen-bond donors (Lipinski definition) is 1. The van der Waals surface area contributed by atoms with E-state index in [4.69, 9.17) is 10.5 Å². The first-order chi connectivity index (χ1) is 8.17. The van der Waals surface area contributed by atoms with Gasteiger partial charge in [0.2, 0.25) is 0 Å². The average molecular weight is 236 g/mol. The molecule has 90 valence electrons. The second-order valence-corrected chi connectivity index (χ2v) is 3.67. The number of nitrogens with zero attached hydrogens (tertiary/aromatic N) is 3. The molecule has 2 N–H and O–H groups in total. The number of halogens is 1. The highest BCUT2D eigenvalue weighted by atomic mass is 19.1. The third kappa shape index (κ3) is 3.01. The molecule has 0 aliphatic rings. The van der Waals surface area contributed by atoms with E-state index in [1.807, 2.05) is 0 Å². The Morgan fingerprint density at radius 3 is 2.88 bits per heavy atom. The number of aromatic nitrogens is 3. The molecular weight excluding hydrogens is 223 g/mol. The first-order valence-corrected chi connectivity index (χ1v) is 5.15. The molecule has 0 radical (unpaired) electrons. The lowest BCUT2D eigenvalue weighted by Gasteiger charge is -2.06. The SMILES string of the molecule is Cn1cc(COc2cc(F)cc(CN)c2)nn1. The molecule has 1 aromatic heterocycles. The maximum Gasteiger partial charge on any atom is 0.134 e. The molecule has 0 bridgehead atoms. The van der Waals surface area contributed by atoms with Crippen LogP contribution in [0, 0.1) is 5.82 Å². The van der Waals surface area contributed by atoms with Crippen LogP contribution in [0.15, 0.2) is 24.4 Å². The Morgan fingerprint density at radius 1 is 1.41 bits per heavy atom. The number of hydrogen-bond acceptors (Lipinski definition) is 4. The Balaban J connectivity index is 2.05. The second kappa shape index (κ2) is 4.92. The van der Waals surface area contributed by atoms with Crippen LogP contribution in [-0.2, 0) is 20.2 Å². The fraction of sp³-hybridized carbons (Fsp3) is 0.273. The molecule has 0 spiro atoms. The standard InChI is InChI=1S/C11H13FN4O/c1-16-6-10(14-15-16)7-17-11-3-8(5-13)2-9(12)4-11/h2-4,6H,5,7,13H2,1H3. The van der Waals surface area contributed by atoms with Gasteiger partial charge >= 0.3 is 0 Å². The highest BCUT2D eigenvalue weighted by Gasteiger charge is 2.03. The van der Waals surface area contributed by atoms with Crippen molar-refractivity contribution < 1.29 is 9.13 Å². The van der Waals surface area contributed by atoms with Crippen LogP contribution < -0.4 is 10.5 Å². The maximum absolute atomic E-state index is 13.2. The van der Waals surface area contributed by atoms with Crippen LogP contribution in [0.1, 0.15) is 11.3 Å². The van der Waals surface area contributed by atoms with E-state index in [2.05, 4.69) is 10.3 Å². The van der Waals surface area contributed by atoms with Gasteiger partial charge in [-0.3, -0.25) is 4.68 Å². The quantitative estimate of drug-likeness (QED) is 0.859. The predicted octanol–water partition coefficient (Wildman–Crippen LogP) is 0.992. The van der Waals surface area contributed by atoms with E-state index in [0.717, 1.165) is 0 Å². The molecule has 0 aliphatic carbocycles. The normalized spacial score (nSPS) is 10.5. The molecule has 1 heterocycles. The summed E-state index contributed by atoms with van der Waals surface area (Å²) in [7, 11) is 1.77. The van der Waals surface area contributed by atoms with E-state index < -0.39 is 0 Å². The molecule has 17 heavy (non-hydrogen) atoms. The highest BCUT2D eigenvalue weighted by Crippen LogP contribution is 2.17. The summed E-state index contributed by atoms with van der Waals surface area (Å²) in [6.07, 6.45) is 1.74. The summed E-state index contributed by atoms with van der Waals surface area (Å²) in [5, 5.41) is 7.64. The lowest BCUT2D eigenvalue weighted by molar-refractivity contribution is 0.299. The van der Waals surface area contributed by atoms with Gasteiger partial charge in [-0.15, -0.1) is 5.10 Å². The number of nitrogens with two attached hydrogens (primary N) is 1. The number of benzene rings is 1. The van der Waals surface area contributed by atoms with Crippen LogP contribution >= 0.6 is 0 Å². The van der Waals surface area contributed by atoms with Crippen molar-refractivity contribution in [3.8, 4) is 5.75 Å². The molecule has 0 saturated carbocycles. The van der Waals surface area contributed by atoms with Crippen LogP contribution in [0.2, 0.25) is 0 Å². The van der Waals surface area contributed by atoms with Crippen LogP contribution in [-0.4, -0.2) is 15.0 Å². The van der Waals surface area contributed by atoms with Gasteiger partial charge in [0.05, 0.1) is 6.20 Å². The summed E-state index contributed by atoms with van der Waals surface area (Å²) >= 11 is 0. The topological polar surface area (TPSA) is 66.0 Å². The summed E-state index contributed by atoms with van der Waals surface area (Å²) in [4.78, 5) is 0. The van der Waals surface area contributed by atoms with Gasteiger partial charge in [-0.1, -0.05) is 5.21 Å². The fourth-order valence-corrected chi connectivity index (χ4v) is 1.44. The van der Waals surface area contributed by atoms with Gasteiger partial charge in [0, 0.05) is 19.7 Å². The predicted molar refractivity (Wildman–Crippen MR) is 59.6 cm³/mol. The summed E-state index contributed by atoms with van der Waals surface area (Å²) < 4.78 is 20.2. The zero-order valence-electron chi connectivity index (χ0n) is 9.43. The molecule has 0 unspecified atom stereocenters. The zero-order chi connectivity index (χ0) is 12.3. The Morgan fingerprint density at radius 2 is 2.24 bits per heavy atom. The van der Waals surface area contributed by atoms with Crippen LogP contribution in [0.4, 0.5) is 4.39 Å². The third-order valence-corrected chi connectivity index (χ3v) is 2.20. The molecule has 1 aromatic carbocycles. The van der Waals surface area contributed by atoms with Gasteiger partial charge in [-0.05, 0) is 17.7 Å². The van der Waals surface area contributed by atoms with E-state index in [0.29, 0.717) is 17.0 Å². The zero-order valence-corrected chi connectivity index (χ0v) is 9.43. The van der Waals surface area contributed by atoms with Gasteiger partial charge in [0.25, 0.3) is 0 Å². The first kappa shape index (κ1) is 11.5. The van der Waals surface area contributed by atoms with Crippen molar-refractivity contribution in [1.29, 1.82) is 0 Å². The minimum atomic E-state index is -0.359. The van der Waals surface area contributed by atoms with Gasteiger partial charge in [0.15, 0.2) is 0 Å². The van der Waals surface area contributed by atoms with Crippen molar-refractivity contribution in [2.24, 2.45) is 12.8 Å². The van der Waals surface area contributed by atoms with Gasteiger partial charge in [0.1, 0.15) is 23.9 Å². The van der Waals surface area contributed by atoms with Crippen LogP contribution in [0.5, 0.6) is 5.75 Å². The van der Waals surface area contributed by atoms with E-state index in [-0.39, 0.29) is 19.0 Å². The third-order valence-electron chi connectivity index (χ3n) is 2.20. The van der Waals surface area contributed by atoms with Crippen LogP contribution in [0.3, 0.4) is 0 Å². The summed E-state index contributed by atoms with van der Waals surface area (Å²) in [5.74, 6) is 0.0817. The van der Waals surface area contributed by atoms with Crippen LogP contribution in [0.25, 0.3) is 0 Å². The molecule has 0 aliphatic heterocycles. The first-order valence-electron chi connectivity index (χ1n) is 5.15. The van der Waals surface area contributed by atoms with Gasteiger partial charge in [-0.25, -0.2) is 4.39 Å². The fourth-order valence-electron chi connectivity index (χ4n) is 1.44. The van der Waals surface area contributed by atoms with Gasteiger partial charge in [-0.2, -0.15) is 0 Å². The van der Waals surface area contributed by atoms with Crippen molar-refractivity contribution in [2.75, 3.05) is 0 Å². The molecule has 2 aromatic rings. The number of aryl methyl sites for hydroxylation is 1. The summed E-state index contributed by atoms with van der Waals surface area (Å²) in [5.41, 5.74) is 6.83. The molecular formula is C11H13FN4O. The Bertz CT molecular complexity index is 512. The van der Waals surface area contributed by atoms with Crippen molar-refractivity contribution in [3.05, 3.63) is 41.5 Å². The van der Waals surface area contributed by atoms with E-state index in [9.17, 15) is 4.39 Å². The lowest BCUT2D eigenvalue weighted by Crippen LogP contribution is -2.00. The Labute approximate surface area is 98.0 Å². The smallest absolute Gasteiger partial charge is 0.134 e. The van der Waals surface area contributed by atoms with Crippen molar-refractivity contribution >= 4 is 0 Å². The van der Waals surface area contributed by atoms with E-state index in [1.165, 1.54) is 12.1 Å². The molecule has 6 heteroatoms. The summed E-state index contributed by atoms with van der Waals surface area (Å²) in [6.45, 7) is 0.528. The van der Waals surface area contributed by atoms with Crippen molar-refractivity contribution in [3.63, 3.8) is 0 Å². The van der Waals surface area contributed by atoms with Gasteiger partial charge < -0.3 is 10.5 Å². The largest absolute Gasteiger partial charge is 0.487 e. The second-order valence-electron chi connectivity index (χ2n) is 3.67. The minimum Gasteiger partial charge on any atom is -0.487 e. The molecule has 5 nitrogen and oxygen atoms in total. The van der Waals surface area contributed by atoms with Crippen molar-refractivity contribution in [1.82, 2.24) is 15.0 Å².